The number of carbonyl (C=O) groups is 2. The summed E-state index contributed by atoms with van der Waals surface area (Å²) in [7, 11) is 0. The molecule has 2 aromatic carbocycles. The zero-order valence-electron chi connectivity index (χ0n) is 20.3. The van der Waals surface area contributed by atoms with E-state index in [1.54, 1.807) is 16.7 Å². The molecule has 1 fully saturated rings. The van der Waals surface area contributed by atoms with Crippen molar-refractivity contribution in [3.05, 3.63) is 70.8 Å². The second-order valence-electron chi connectivity index (χ2n) is 9.20. The Kier molecular flexibility index (Phi) is 9.86. The minimum absolute atomic E-state index is 0.00527. The third-order valence-corrected chi connectivity index (χ3v) is 7.48. The van der Waals surface area contributed by atoms with Gasteiger partial charge in [0.2, 0.25) is 11.8 Å². The van der Waals surface area contributed by atoms with Crippen LogP contribution < -0.4 is 5.32 Å². The van der Waals surface area contributed by atoms with Crippen molar-refractivity contribution in [2.24, 2.45) is 0 Å². The number of thioether (sulfide) groups is 1. The standard InChI is InChI=1S/C28H38N2O2S/c1-4-26(28(32)29-25-15-6-5-7-16-25)30(18-23-13-10-11-21(2)17-23)27(31)20-33-19-24-14-9-8-12-22(24)3/h8-14,17,25-26H,4-7,15-16,18-20H2,1-3H3,(H,29,32)/t26-/m1/s1. The van der Waals surface area contributed by atoms with Gasteiger partial charge in [0.1, 0.15) is 6.04 Å². The summed E-state index contributed by atoms with van der Waals surface area (Å²) < 4.78 is 0. The summed E-state index contributed by atoms with van der Waals surface area (Å²) in [6.07, 6.45) is 6.28. The molecule has 5 heteroatoms. The molecule has 0 bridgehead atoms. The molecule has 1 N–H and O–H groups in total. The smallest absolute Gasteiger partial charge is 0.243 e. The van der Waals surface area contributed by atoms with Crippen LogP contribution in [0.3, 0.4) is 0 Å². The first kappa shape index (κ1) is 25.4. The third kappa shape index (κ3) is 7.63. The number of carbonyl (C=O) groups excluding carboxylic acids is 2. The summed E-state index contributed by atoms with van der Waals surface area (Å²) in [6, 6.07) is 16.3. The van der Waals surface area contributed by atoms with E-state index >= 15 is 0 Å². The van der Waals surface area contributed by atoms with Crippen LogP contribution in [0.25, 0.3) is 0 Å². The molecule has 0 unspecified atom stereocenters. The molecule has 2 aromatic rings. The van der Waals surface area contributed by atoms with Crippen LogP contribution in [-0.4, -0.2) is 34.6 Å². The van der Waals surface area contributed by atoms with Crippen molar-refractivity contribution >= 4 is 23.6 Å². The molecule has 1 atom stereocenters. The third-order valence-electron chi connectivity index (χ3n) is 6.52. The molecule has 1 aliphatic carbocycles. The molecule has 0 aromatic heterocycles. The van der Waals surface area contributed by atoms with E-state index in [-0.39, 0.29) is 17.9 Å². The van der Waals surface area contributed by atoms with Gasteiger partial charge in [-0.05, 0) is 49.8 Å². The van der Waals surface area contributed by atoms with Gasteiger partial charge in [0, 0.05) is 18.3 Å². The fourth-order valence-corrected chi connectivity index (χ4v) is 5.56. The van der Waals surface area contributed by atoms with Crippen molar-refractivity contribution in [2.75, 3.05) is 5.75 Å². The average Bonchev–Trinajstić information content (AvgIpc) is 2.81. The summed E-state index contributed by atoms with van der Waals surface area (Å²) in [5.41, 5.74) is 4.72. The van der Waals surface area contributed by atoms with Gasteiger partial charge in [-0.1, -0.05) is 80.3 Å². The Bertz CT molecular complexity index is 924. The molecule has 178 valence electrons. The number of amides is 2. The highest BCUT2D eigenvalue weighted by Gasteiger charge is 2.30. The number of hydrogen-bond donors (Lipinski definition) is 1. The quantitative estimate of drug-likeness (QED) is 0.482. The molecule has 0 spiro atoms. The molecule has 0 radical (unpaired) electrons. The first-order valence-electron chi connectivity index (χ1n) is 12.3. The monoisotopic (exact) mass is 466 g/mol. The Hall–Kier alpha value is -2.27. The first-order valence-corrected chi connectivity index (χ1v) is 13.4. The zero-order valence-corrected chi connectivity index (χ0v) is 21.1. The minimum atomic E-state index is -0.445. The Balaban J connectivity index is 1.71. The number of rotatable bonds is 10. The van der Waals surface area contributed by atoms with Crippen molar-refractivity contribution in [3.63, 3.8) is 0 Å². The van der Waals surface area contributed by atoms with Gasteiger partial charge >= 0.3 is 0 Å². The van der Waals surface area contributed by atoms with Gasteiger partial charge in [0.25, 0.3) is 0 Å². The number of nitrogens with zero attached hydrogens (tertiary/aromatic N) is 1. The van der Waals surface area contributed by atoms with Crippen LogP contribution in [0.15, 0.2) is 48.5 Å². The van der Waals surface area contributed by atoms with Crippen LogP contribution in [0.4, 0.5) is 0 Å². The highest BCUT2D eigenvalue weighted by molar-refractivity contribution is 7.99. The number of aryl methyl sites for hydroxylation is 2. The summed E-state index contributed by atoms with van der Waals surface area (Å²) in [6.45, 7) is 6.62. The SMILES string of the molecule is CC[C@H](C(=O)NC1CCCCC1)N(Cc1cccc(C)c1)C(=O)CSCc1ccccc1C. The van der Waals surface area contributed by atoms with Gasteiger partial charge in [-0.25, -0.2) is 0 Å². The van der Waals surface area contributed by atoms with Crippen LogP contribution in [-0.2, 0) is 21.9 Å². The van der Waals surface area contributed by atoms with Crippen molar-refractivity contribution in [3.8, 4) is 0 Å². The number of benzene rings is 2. The molecular formula is C28H38N2O2S. The fourth-order valence-electron chi connectivity index (χ4n) is 4.57. The van der Waals surface area contributed by atoms with E-state index in [2.05, 4.69) is 43.4 Å². The Labute approximate surface area is 203 Å². The number of nitrogens with one attached hydrogen (secondary N) is 1. The lowest BCUT2D eigenvalue weighted by molar-refractivity contribution is -0.139. The van der Waals surface area contributed by atoms with E-state index in [1.165, 1.54) is 30.4 Å². The Morgan fingerprint density at radius 2 is 1.82 bits per heavy atom. The maximum absolute atomic E-state index is 13.4. The molecule has 4 nitrogen and oxygen atoms in total. The van der Waals surface area contributed by atoms with E-state index in [1.807, 2.05) is 31.2 Å². The van der Waals surface area contributed by atoms with Crippen LogP contribution in [0.5, 0.6) is 0 Å². The molecular weight excluding hydrogens is 428 g/mol. The van der Waals surface area contributed by atoms with Gasteiger partial charge < -0.3 is 10.2 Å². The topological polar surface area (TPSA) is 49.4 Å². The van der Waals surface area contributed by atoms with E-state index in [0.29, 0.717) is 18.7 Å². The van der Waals surface area contributed by atoms with Gasteiger partial charge in [0.05, 0.1) is 5.75 Å². The molecule has 0 aliphatic heterocycles. The zero-order chi connectivity index (χ0) is 23.6. The molecule has 2 amide bonds. The van der Waals surface area contributed by atoms with E-state index in [4.69, 9.17) is 0 Å². The van der Waals surface area contributed by atoms with Crippen LogP contribution in [0.1, 0.15) is 67.7 Å². The van der Waals surface area contributed by atoms with Gasteiger partial charge in [0.15, 0.2) is 0 Å². The van der Waals surface area contributed by atoms with E-state index < -0.39 is 6.04 Å². The Morgan fingerprint density at radius 3 is 2.52 bits per heavy atom. The maximum Gasteiger partial charge on any atom is 0.243 e. The molecule has 0 saturated heterocycles. The van der Waals surface area contributed by atoms with Gasteiger partial charge in [-0.3, -0.25) is 9.59 Å². The predicted octanol–water partition coefficient (Wildman–Crippen LogP) is 5.79. The Morgan fingerprint density at radius 1 is 1.06 bits per heavy atom. The van der Waals surface area contributed by atoms with Crippen LogP contribution in [0.2, 0.25) is 0 Å². The summed E-state index contributed by atoms with van der Waals surface area (Å²) in [5, 5.41) is 3.25. The molecule has 0 heterocycles. The fraction of sp³-hybridized carbons (Fsp3) is 0.500. The van der Waals surface area contributed by atoms with Gasteiger partial charge in [-0.15, -0.1) is 11.8 Å². The average molecular weight is 467 g/mol. The normalized spacial score (nSPS) is 15.1. The van der Waals surface area contributed by atoms with E-state index in [9.17, 15) is 9.59 Å². The highest BCUT2D eigenvalue weighted by atomic mass is 32.2. The molecule has 3 rings (SSSR count). The lowest BCUT2D eigenvalue weighted by atomic mass is 9.95. The van der Waals surface area contributed by atoms with Gasteiger partial charge in [-0.2, -0.15) is 0 Å². The lowest BCUT2D eigenvalue weighted by Crippen LogP contribution is -2.52. The van der Waals surface area contributed by atoms with E-state index in [0.717, 1.165) is 29.7 Å². The first-order chi connectivity index (χ1) is 16.0. The highest BCUT2D eigenvalue weighted by Crippen LogP contribution is 2.21. The summed E-state index contributed by atoms with van der Waals surface area (Å²) >= 11 is 1.62. The van der Waals surface area contributed by atoms with Crippen molar-refractivity contribution < 1.29 is 9.59 Å². The molecule has 1 saturated carbocycles. The summed E-state index contributed by atoms with van der Waals surface area (Å²) in [5.74, 6) is 1.19. The van der Waals surface area contributed by atoms with Crippen molar-refractivity contribution in [2.45, 2.75) is 83.7 Å². The minimum Gasteiger partial charge on any atom is -0.352 e. The summed E-state index contributed by atoms with van der Waals surface area (Å²) in [4.78, 5) is 28.5. The van der Waals surface area contributed by atoms with Crippen molar-refractivity contribution in [1.82, 2.24) is 10.2 Å². The maximum atomic E-state index is 13.4. The number of hydrogen-bond acceptors (Lipinski definition) is 3. The van der Waals surface area contributed by atoms with Crippen LogP contribution in [0, 0.1) is 13.8 Å². The predicted molar refractivity (Wildman–Crippen MR) is 138 cm³/mol. The lowest BCUT2D eigenvalue weighted by Gasteiger charge is -2.33. The second kappa shape index (κ2) is 12.8. The second-order valence-corrected chi connectivity index (χ2v) is 10.2. The largest absolute Gasteiger partial charge is 0.352 e. The van der Waals surface area contributed by atoms with Crippen molar-refractivity contribution in [1.29, 1.82) is 0 Å². The van der Waals surface area contributed by atoms with Crippen LogP contribution >= 0.6 is 11.8 Å². The molecule has 33 heavy (non-hydrogen) atoms. The molecule has 1 aliphatic rings.